The van der Waals surface area contributed by atoms with Crippen molar-refractivity contribution in [3.05, 3.63) is 0 Å². The van der Waals surface area contributed by atoms with Crippen LogP contribution in [-0.2, 0) is 24.0 Å². The number of carbonyl (C=O) groups excluding carboxylic acids is 3. The summed E-state index contributed by atoms with van der Waals surface area (Å²) >= 11 is 1.16. The first-order valence-corrected chi connectivity index (χ1v) is 10.8. The van der Waals surface area contributed by atoms with E-state index in [1.54, 1.807) is 6.26 Å². The van der Waals surface area contributed by atoms with Gasteiger partial charge < -0.3 is 46.8 Å². The molecule has 3 amide bonds. The monoisotopic (exact) mass is 482 g/mol. The van der Waals surface area contributed by atoms with Crippen molar-refractivity contribution in [3.63, 3.8) is 0 Å². The highest BCUT2D eigenvalue weighted by Crippen LogP contribution is 2.03. The molecule has 0 unspecified atom stereocenters. The Hall–Kier alpha value is -2.46. The van der Waals surface area contributed by atoms with E-state index in [0.717, 1.165) is 11.8 Å². The molecule has 0 aromatic rings. The van der Waals surface area contributed by atoms with Crippen LogP contribution in [0.3, 0.4) is 0 Å². The number of carboxylic acid groups (broad SMARTS) is 2. The minimum atomic E-state index is -2.29. The maximum atomic E-state index is 12.5. The topological polar surface area (TPSA) is 235 Å². The lowest BCUT2D eigenvalue weighted by molar-refractivity contribution is -0.157. The van der Waals surface area contributed by atoms with Gasteiger partial charge in [0.05, 0.1) is 12.5 Å². The van der Waals surface area contributed by atoms with E-state index in [9.17, 15) is 44.4 Å². The zero-order valence-corrected chi connectivity index (χ0v) is 18.6. The molecule has 14 nitrogen and oxygen atoms in total. The summed E-state index contributed by atoms with van der Waals surface area (Å²) in [6.45, 7) is 0.827. The number of nitrogens with one attached hydrogen (secondary N) is 4. The highest BCUT2D eigenvalue weighted by Gasteiger charge is 2.32. The molecule has 15 heteroatoms. The zero-order chi connectivity index (χ0) is 25.0. The standard InChI is InChI=1S/C17H30N4O10S/c1-7(18-2)14(26)20-8(15(27)21-9(6-32-3)16(28)29)4-11(23)19-5-10(22)12(24)13(25)17(30)31/h7-10,12-13,18,22,24-25H,4-6H2,1-3H3,(H,19,23)(H,20,26)(H,21,27)(H,28,29)(H,30,31)/t7-,8-,9-,10-,12+,13-/m0/s1. The Labute approximate surface area is 188 Å². The third-order valence-electron chi connectivity index (χ3n) is 4.28. The molecule has 6 atom stereocenters. The lowest BCUT2D eigenvalue weighted by atomic mass is 10.1. The molecule has 0 saturated carbocycles. The lowest BCUT2D eigenvalue weighted by Crippen LogP contribution is -2.56. The van der Waals surface area contributed by atoms with Crippen LogP contribution in [0, 0.1) is 0 Å². The summed E-state index contributed by atoms with van der Waals surface area (Å²) < 4.78 is 0. The number of carboxylic acids is 2. The molecule has 0 fully saturated rings. The molecule has 0 aliphatic rings. The lowest BCUT2D eigenvalue weighted by Gasteiger charge is -2.23. The fourth-order valence-corrected chi connectivity index (χ4v) is 2.76. The van der Waals surface area contributed by atoms with Crippen LogP contribution in [0.15, 0.2) is 0 Å². The second kappa shape index (κ2) is 14.6. The largest absolute Gasteiger partial charge is 0.480 e. The van der Waals surface area contributed by atoms with Crippen LogP contribution in [-0.4, -0.2) is 117 Å². The van der Waals surface area contributed by atoms with Crippen molar-refractivity contribution in [2.45, 2.75) is 49.8 Å². The number of aliphatic hydroxyl groups excluding tert-OH is 3. The maximum absolute atomic E-state index is 12.5. The van der Waals surface area contributed by atoms with Crippen molar-refractivity contribution in [2.75, 3.05) is 25.6 Å². The normalized spacial score (nSPS) is 16.6. The number of likely N-dealkylation sites (N-methyl/N-ethyl adjacent to an activating group) is 1. The van der Waals surface area contributed by atoms with Gasteiger partial charge in [0.25, 0.3) is 0 Å². The summed E-state index contributed by atoms with van der Waals surface area (Å²) in [4.78, 5) is 58.8. The summed E-state index contributed by atoms with van der Waals surface area (Å²) in [5.74, 6) is -5.50. The molecule has 0 bridgehead atoms. The quantitative estimate of drug-likeness (QED) is 0.108. The van der Waals surface area contributed by atoms with Crippen molar-refractivity contribution in [1.29, 1.82) is 0 Å². The van der Waals surface area contributed by atoms with Crippen LogP contribution in [0.2, 0.25) is 0 Å². The summed E-state index contributed by atoms with van der Waals surface area (Å²) in [6.07, 6.45) is -5.23. The molecule has 9 N–H and O–H groups in total. The van der Waals surface area contributed by atoms with E-state index < -0.39 is 79.1 Å². The second-order valence-corrected chi connectivity index (χ2v) is 7.69. The Morgan fingerprint density at radius 1 is 0.906 bits per heavy atom. The van der Waals surface area contributed by atoms with E-state index in [-0.39, 0.29) is 5.75 Å². The Morgan fingerprint density at radius 2 is 1.47 bits per heavy atom. The number of aliphatic hydroxyl groups is 3. The molecule has 0 aliphatic heterocycles. The number of aliphatic carboxylic acids is 2. The van der Waals surface area contributed by atoms with Gasteiger partial charge in [-0.3, -0.25) is 14.4 Å². The fraction of sp³-hybridized carbons (Fsp3) is 0.706. The molecular weight excluding hydrogens is 452 g/mol. The molecule has 0 spiro atoms. The van der Waals surface area contributed by atoms with Gasteiger partial charge >= 0.3 is 11.9 Å². The molecule has 0 radical (unpaired) electrons. The molecule has 32 heavy (non-hydrogen) atoms. The maximum Gasteiger partial charge on any atom is 0.335 e. The first-order chi connectivity index (χ1) is 14.8. The van der Waals surface area contributed by atoms with Gasteiger partial charge in [-0.1, -0.05) is 0 Å². The highest BCUT2D eigenvalue weighted by atomic mass is 32.2. The molecule has 0 saturated heterocycles. The van der Waals surface area contributed by atoms with E-state index in [4.69, 9.17) is 5.11 Å². The van der Waals surface area contributed by atoms with E-state index in [1.807, 2.05) is 0 Å². The first-order valence-electron chi connectivity index (χ1n) is 9.39. The third-order valence-corrected chi connectivity index (χ3v) is 4.94. The van der Waals surface area contributed by atoms with Gasteiger partial charge in [-0.15, -0.1) is 0 Å². The predicted octanol–water partition coefficient (Wildman–Crippen LogP) is -4.31. The van der Waals surface area contributed by atoms with Gasteiger partial charge in [0.2, 0.25) is 17.7 Å². The number of amides is 3. The number of rotatable bonds is 15. The van der Waals surface area contributed by atoms with E-state index in [0.29, 0.717) is 0 Å². The van der Waals surface area contributed by atoms with Crippen molar-refractivity contribution in [2.24, 2.45) is 0 Å². The van der Waals surface area contributed by atoms with Gasteiger partial charge in [0.15, 0.2) is 6.10 Å². The predicted molar refractivity (Wildman–Crippen MR) is 112 cm³/mol. The Bertz CT molecular complexity index is 680. The molecule has 0 aromatic carbocycles. The first kappa shape index (κ1) is 29.5. The Morgan fingerprint density at radius 3 is 1.94 bits per heavy atom. The van der Waals surface area contributed by atoms with Gasteiger partial charge in [-0.05, 0) is 20.2 Å². The van der Waals surface area contributed by atoms with E-state index >= 15 is 0 Å². The van der Waals surface area contributed by atoms with Crippen LogP contribution in [0.25, 0.3) is 0 Å². The van der Waals surface area contributed by atoms with Gasteiger partial charge in [0, 0.05) is 12.3 Å². The van der Waals surface area contributed by atoms with Crippen molar-refractivity contribution in [1.82, 2.24) is 21.3 Å². The van der Waals surface area contributed by atoms with Crippen LogP contribution in [0.4, 0.5) is 0 Å². The Balaban J connectivity index is 5.20. The van der Waals surface area contributed by atoms with Crippen LogP contribution < -0.4 is 21.3 Å². The van der Waals surface area contributed by atoms with Gasteiger partial charge in [-0.25, -0.2) is 9.59 Å². The molecule has 0 heterocycles. The molecule has 0 aromatic heterocycles. The van der Waals surface area contributed by atoms with Crippen LogP contribution in [0.5, 0.6) is 0 Å². The number of carbonyl (C=O) groups is 5. The van der Waals surface area contributed by atoms with E-state index in [2.05, 4.69) is 21.3 Å². The average molecular weight is 483 g/mol. The summed E-state index contributed by atoms with van der Waals surface area (Å²) in [5, 5.41) is 55.6. The summed E-state index contributed by atoms with van der Waals surface area (Å²) in [7, 11) is 1.49. The average Bonchev–Trinajstić information content (AvgIpc) is 2.74. The third kappa shape index (κ3) is 10.2. The van der Waals surface area contributed by atoms with Crippen molar-refractivity contribution in [3.8, 4) is 0 Å². The number of thioether (sulfide) groups is 1. The van der Waals surface area contributed by atoms with Crippen molar-refractivity contribution >= 4 is 41.4 Å². The van der Waals surface area contributed by atoms with Gasteiger partial charge in [0.1, 0.15) is 24.3 Å². The highest BCUT2D eigenvalue weighted by molar-refractivity contribution is 7.98. The Kier molecular flexibility index (Phi) is 13.5. The summed E-state index contributed by atoms with van der Waals surface area (Å²) in [5.41, 5.74) is 0. The van der Waals surface area contributed by atoms with E-state index in [1.165, 1.54) is 14.0 Å². The minimum Gasteiger partial charge on any atom is -0.480 e. The smallest absolute Gasteiger partial charge is 0.335 e. The van der Waals surface area contributed by atoms with Crippen LogP contribution in [0.1, 0.15) is 13.3 Å². The number of hydrogen-bond donors (Lipinski definition) is 9. The fourth-order valence-electron chi connectivity index (χ4n) is 2.20. The molecule has 0 rings (SSSR count). The number of hydrogen-bond acceptors (Lipinski definition) is 10. The summed E-state index contributed by atoms with van der Waals surface area (Å²) in [6, 6.07) is -3.46. The van der Waals surface area contributed by atoms with Gasteiger partial charge in [-0.2, -0.15) is 11.8 Å². The molecule has 0 aliphatic carbocycles. The molecular formula is C17H30N4O10S. The minimum absolute atomic E-state index is 0.0385. The second-order valence-electron chi connectivity index (χ2n) is 6.78. The SMILES string of the molecule is CN[C@@H](C)C(=O)N[C@@H](CC(=O)NC[C@H](O)[C@@H](O)[C@H](O)C(=O)O)C(=O)N[C@@H](CSC)C(=O)O. The van der Waals surface area contributed by atoms with Crippen molar-refractivity contribution < 1.29 is 49.5 Å². The van der Waals surface area contributed by atoms with Crippen LogP contribution >= 0.6 is 11.8 Å². The molecule has 184 valence electrons. The zero-order valence-electron chi connectivity index (χ0n) is 17.8.